The zero-order chi connectivity index (χ0) is 15.0. The molecule has 1 aromatic rings. The fourth-order valence-electron chi connectivity index (χ4n) is 1.54. The summed E-state index contributed by atoms with van der Waals surface area (Å²) >= 11 is 6.57. The summed E-state index contributed by atoms with van der Waals surface area (Å²) in [6.45, 7) is 5.21. The number of hydrogen-bond acceptors (Lipinski definition) is 7. The van der Waals surface area contributed by atoms with E-state index < -0.39 is 0 Å². The highest BCUT2D eigenvalue weighted by Crippen LogP contribution is 2.28. The number of rotatable bonds is 8. The summed E-state index contributed by atoms with van der Waals surface area (Å²) in [7, 11) is 3.24. The fraction of sp³-hybridized carbons (Fsp3) is 0.750. The van der Waals surface area contributed by atoms with Crippen LogP contribution in [0.1, 0.15) is 31.2 Å². The third kappa shape index (κ3) is 5.74. The van der Waals surface area contributed by atoms with Gasteiger partial charge in [-0.05, 0) is 26.1 Å². The second-order valence-electron chi connectivity index (χ2n) is 4.04. The van der Waals surface area contributed by atoms with Gasteiger partial charge in [0.15, 0.2) is 6.29 Å². The van der Waals surface area contributed by atoms with Gasteiger partial charge >= 0.3 is 0 Å². The molecule has 1 rings (SSSR count). The minimum Gasteiger partial charge on any atom is -0.479 e. The summed E-state index contributed by atoms with van der Waals surface area (Å²) in [4.78, 5) is 0. The van der Waals surface area contributed by atoms with Gasteiger partial charge in [0.2, 0.25) is 4.38 Å². The molecule has 0 bridgehead atoms. The van der Waals surface area contributed by atoms with Gasteiger partial charge in [-0.25, -0.2) is 0 Å². The Balaban J connectivity index is 2.47. The van der Waals surface area contributed by atoms with Crippen LogP contribution in [0.2, 0.25) is 0 Å². The van der Waals surface area contributed by atoms with E-state index in [0.717, 1.165) is 5.69 Å². The van der Waals surface area contributed by atoms with Gasteiger partial charge in [-0.1, -0.05) is 17.0 Å². The molecule has 1 unspecified atom stereocenters. The molecule has 0 fully saturated rings. The van der Waals surface area contributed by atoms with Crippen molar-refractivity contribution in [3.8, 4) is 0 Å². The van der Waals surface area contributed by atoms with Gasteiger partial charge in [0, 0.05) is 33.4 Å². The first-order chi connectivity index (χ1) is 9.60. The highest BCUT2D eigenvalue weighted by molar-refractivity contribution is 8.22. The number of ether oxygens (including phenoxy) is 3. The van der Waals surface area contributed by atoms with Gasteiger partial charge in [-0.3, -0.25) is 4.68 Å². The molecule has 0 aromatic carbocycles. The van der Waals surface area contributed by atoms with Crippen LogP contribution in [0.15, 0.2) is 6.20 Å². The van der Waals surface area contributed by atoms with Crippen LogP contribution in [0.5, 0.6) is 0 Å². The topological polar surface area (TPSA) is 58.4 Å². The van der Waals surface area contributed by atoms with Crippen molar-refractivity contribution in [2.45, 2.75) is 38.4 Å². The molecule has 0 saturated heterocycles. The van der Waals surface area contributed by atoms with E-state index in [1.807, 2.05) is 20.0 Å². The van der Waals surface area contributed by atoms with E-state index in [0.29, 0.717) is 24.0 Å². The van der Waals surface area contributed by atoms with Crippen LogP contribution >= 0.6 is 24.0 Å². The lowest BCUT2D eigenvalue weighted by Gasteiger charge is -2.12. The zero-order valence-corrected chi connectivity index (χ0v) is 13.9. The van der Waals surface area contributed by atoms with Crippen molar-refractivity contribution in [2.24, 2.45) is 0 Å². The number of methoxy groups -OCH3 is 2. The Labute approximate surface area is 129 Å². The molecule has 1 heterocycles. The average molecular weight is 319 g/mol. The molecular weight excluding hydrogens is 298 g/mol. The highest BCUT2D eigenvalue weighted by Gasteiger charge is 2.14. The molecule has 20 heavy (non-hydrogen) atoms. The number of thioether (sulfide) groups is 1. The maximum absolute atomic E-state index is 5.26. The van der Waals surface area contributed by atoms with Crippen LogP contribution in [-0.2, 0) is 20.8 Å². The SMILES string of the molecule is CCOC(=S)SC(C)c1cn(CCC(OC)OC)nn1. The number of thiocarbonyl (C=S) groups is 1. The first-order valence-corrected chi connectivity index (χ1v) is 7.68. The maximum Gasteiger partial charge on any atom is 0.220 e. The summed E-state index contributed by atoms with van der Waals surface area (Å²) in [6, 6.07) is 0. The minimum atomic E-state index is -0.222. The predicted octanol–water partition coefficient (Wildman–Crippen LogP) is 2.40. The molecule has 0 aliphatic rings. The third-order valence-electron chi connectivity index (χ3n) is 2.63. The van der Waals surface area contributed by atoms with E-state index in [-0.39, 0.29) is 11.5 Å². The van der Waals surface area contributed by atoms with E-state index in [1.165, 1.54) is 11.8 Å². The van der Waals surface area contributed by atoms with Crippen LogP contribution in [0, 0.1) is 0 Å². The third-order valence-corrected chi connectivity index (χ3v) is 3.94. The van der Waals surface area contributed by atoms with E-state index in [1.54, 1.807) is 18.9 Å². The van der Waals surface area contributed by atoms with Crippen LogP contribution in [0.25, 0.3) is 0 Å². The molecule has 0 spiro atoms. The highest BCUT2D eigenvalue weighted by atomic mass is 32.2. The normalized spacial score (nSPS) is 12.7. The number of nitrogens with zero attached hydrogens (tertiary/aromatic N) is 3. The largest absolute Gasteiger partial charge is 0.479 e. The van der Waals surface area contributed by atoms with Crippen molar-refractivity contribution in [3.63, 3.8) is 0 Å². The Morgan fingerprint density at radius 2 is 2.15 bits per heavy atom. The van der Waals surface area contributed by atoms with Gasteiger partial charge in [0.25, 0.3) is 0 Å². The molecule has 0 radical (unpaired) electrons. The van der Waals surface area contributed by atoms with Crippen LogP contribution in [0.4, 0.5) is 0 Å². The first kappa shape index (κ1) is 17.4. The molecular formula is C12H21N3O3S2. The first-order valence-electron chi connectivity index (χ1n) is 6.39. The van der Waals surface area contributed by atoms with Gasteiger partial charge in [-0.15, -0.1) is 5.10 Å². The molecule has 6 nitrogen and oxygen atoms in total. The van der Waals surface area contributed by atoms with Crippen LogP contribution < -0.4 is 0 Å². The van der Waals surface area contributed by atoms with E-state index in [2.05, 4.69) is 10.3 Å². The minimum absolute atomic E-state index is 0.114. The fourth-order valence-corrected chi connectivity index (χ4v) is 2.79. The molecule has 8 heteroatoms. The smallest absolute Gasteiger partial charge is 0.220 e. The molecule has 0 amide bonds. The second-order valence-corrected chi connectivity index (χ2v) is 5.98. The lowest BCUT2D eigenvalue weighted by atomic mass is 10.3. The van der Waals surface area contributed by atoms with Crippen molar-refractivity contribution < 1.29 is 14.2 Å². The second kappa shape index (κ2) is 9.28. The van der Waals surface area contributed by atoms with Crippen molar-refractivity contribution in [1.29, 1.82) is 0 Å². The van der Waals surface area contributed by atoms with Gasteiger partial charge in [-0.2, -0.15) is 0 Å². The van der Waals surface area contributed by atoms with Crippen molar-refractivity contribution >= 4 is 28.4 Å². The Morgan fingerprint density at radius 1 is 1.45 bits per heavy atom. The Bertz CT molecular complexity index is 410. The van der Waals surface area contributed by atoms with Crippen LogP contribution in [-0.4, -0.2) is 46.5 Å². The lowest BCUT2D eigenvalue weighted by molar-refractivity contribution is -0.108. The summed E-state index contributed by atoms with van der Waals surface area (Å²) in [6.07, 6.45) is 2.41. The Kier molecular flexibility index (Phi) is 8.05. The van der Waals surface area contributed by atoms with Gasteiger partial charge in [0.05, 0.1) is 17.6 Å². The number of hydrogen-bond donors (Lipinski definition) is 0. The average Bonchev–Trinajstić information content (AvgIpc) is 2.89. The van der Waals surface area contributed by atoms with E-state index >= 15 is 0 Å². The molecule has 0 aliphatic heterocycles. The van der Waals surface area contributed by atoms with Crippen LogP contribution in [0.3, 0.4) is 0 Å². The number of aromatic nitrogens is 3. The van der Waals surface area contributed by atoms with E-state index in [4.69, 9.17) is 26.4 Å². The Morgan fingerprint density at radius 3 is 2.75 bits per heavy atom. The summed E-state index contributed by atoms with van der Waals surface area (Å²) < 4.78 is 17.8. The Hall–Kier alpha value is -0.700. The monoisotopic (exact) mass is 319 g/mol. The zero-order valence-electron chi connectivity index (χ0n) is 12.2. The van der Waals surface area contributed by atoms with Gasteiger partial charge < -0.3 is 14.2 Å². The molecule has 0 N–H and O–H groups in total. The van der Waals surface area contributed by atoms with Gasteiger partial charge in [0.1, 0.15) is 0 Å². The maximum atomic E-state index is 5.26. The lowest BCUT2D eigenvalue weighted by Crippen LogP contribution is -2.16. The molecule has 1 aromatic heterocycles. The van der Waals surface area contributed by atoms with Crippen molar-refractivity contribution in [3.05, 3.63) is 11.9 Å². The molecule has 0 saturated carbocycles. The van der Waals surface area contributed by atoms with Crippen molar-refractivity contribution in [2.75, 3.05) is 20.8 Å². The summed E-state index contributed by atoms with van der Waals surface area (Å²) in [5.74, 6) is 0. The predicted molar refractivity (Wildman–Crippen MR) is 82.7 cm³/mol. The van der Waals surface area contributed by atoms with E-state index in [9.17, 15) is 0 Å². The summed E-state index contributed by atoms with van der Waals surface area (Å²) in [5.41, 5.74) is 0.878. The van der Waals surface area contributed by atoms with Crippen molar-refractivity contribution in [1.82, 2.24) is 15.0 Å². The quantitative estimate of drug-likeness (QED) is 0.538. The standard InChI is InChI=1S/C12H21N3O3S2/c1-5-18-12(19)20-9(2)10-8-15(14-13-10)7-6-11(16-3)17-4/h8-9,11H,5-7H2,1-4H3. The number of aryl methyl sites for hydroxylation is 1. The molecule has 0 aliphatic carbocycles. The summed E-state index contributed by atoms with van der Waals surface area (Å²) in [5, 5.41) is 8.36. The molecule has 1 atom stereocenters. The molecule has 114 valence electrons.